The molecule has 0 bridgehead atoms. The van der Waals surface area contributed by atoms with Crippen LogP contribution in [0, 0.1) is 13.8 Å². The van der Waals surface area contributed by atoms with Gasteiger partial charge in [0.2, 0.25) is 0 Å². The highest BCUT2D eigenvalue weighted by molar-refractivity contribution is 7.16. The zero-order chi connectivity index (χ0) is 22.0. The molecule has 8 heteroatoms. The Bertz CT molecular complexity index is 1100. The third-order valence-electron chi connectivity index (χ3n) is 4.56. The van der Waals surface area contributed by atoms with E-state index in [1.807, 2.05) is 19.9 Å². The highest BCUT2D eigenvalue weighted by atomic mass is 35.5. The number of benzene rings is 1. The van der Waals surface area contributed by atoms with Gasteiger partial charge in [0.25, 0.3) is 5.91 Å². The van der Waals surface area contributed by atoms with Gasteiger partial charge in [0.1, 0.15) is 22.0 Å². The van der Waals surface area contributed by atoms with Crippen LogP contribution in [-0.4, -0.2) is 23.1 Å². The summed E-state index contributed by atoms with van der Waals surface area (Å²) in [6.07, 6.45) is 0.385. The molecule has 2 aromatic heterocycles. The first-order valence-electron chi connectivity index (χ1n) is 9.60. The number of hydrogen-bond acceptors (Lipinski definition) is 6. The molecule has 1 aromatic carbocycles. The summed E-state index contributed by atoms with van der Waals surface area (Å²) < 4.78 is 10.7. The molecule has 3 aromatic rings. The second-order valence-electron chi connectivity index (χ2n) is 7.04. The van der Waals surface area contributed by atoms with Gasteiger partial charge in [-0.3, -0.25) is 4.79 Å². The molecule has 0 spiro atoms. The molecule has 1 amide bonds. The number of nitrogens with zero attached hydrogens (tertiary/aromatic N) is 1. The lowest BCUT2D eigenvalue weighted by atomic mass is 10.1. The number of aromatic nitrogens is 1. The SMILES string of the molecule is CCc1c(C)sc(NC(=O)c2c(-c3ccccc3Cl)noc2C)c1C(=O)OC(C)C. The van der Waals surface area contributed by atoms with Crippen molar-refractivity contribution >= 4 is 39.8 Å². The molecule has 0 aliphatic heterocycles. The largest absolute Gasteiger partial charge is 0.459 e. The predicted octanol–water partition coefficient (Wildman–Crippen LogP) is 6.05. The second kappa shape index (κ2) is 9.02. The van der Waals surface area contributed by atoms with Gasteiger partial charge >= 0.3 is 5.97 Å². The van der Waals surface area contributed by atoms with E-state index in [4.69, 9.17) is 20.9 Å². The van der Waals surface area contributed by atoms with E-state index in [0.717, 1.165) is 10.4 Å². The summed E-state index contributed by atoms with van der Waals surface area (Å²) >= 11 is 7.64. The zero-order valence-corrected chi connectivity index (χ0v) is 19.0. The Labute approximate surface area is 184 Å². The molecule has 2 heterocycles. The number of amides is 1. The Morgan fingerprint density at radius 2 is 1.93 bits per heavy atom. The number of rotatable bonds is 6. The summed E-state index contributed by atoms with van der Waals surface area (Å²) in [4.78, 5) is 26.9. The number of ether oxygens (including phenoxy) is 1. The van der Waals surface area contributed by atoms with E-state index in [-0.39, 0.29) is 11.7 Å². The Kier molecular flexibility index (Phi) is 6.63. The van der Waals surface area contributed by atoms with Crippen molar-refractivity contribution in [1.29, 1.82) is 0 Å². The van der Waals surface area contributed by atoms with E-state index in [9.17, 15) is 9.59 Å². The number of thiophene rings is 1. The highest BCUT2D eigenvalue weighted by Crippen LogP contribution is 2.36. The fraction of sp³-hybridized carbons (Fsp3) is 0.318. The molecule has 3 rings (SSSR count). The summed E-state index contributed by atoms with van der Waals surface area (Å²) in [5, 5.41) is 7.81. The van der Waals surface area contributed by atoms with E-state index in [0.29, 0.717) is 39.0 Å². The van der Waals surface area contributed by atoms with Crippen LogP contribution in [-0.2, 0) is 11.2 Å². The van der Waals surface area contributed by atoms with Crippen LogP contribution in [0.1, 0.15) is 57.7 Å². The molecule has 0 radical (unpaired) electrons. The van der Waals surface area contributed by atoms with Crippen molar-refractivity contribution in [2.75, 3.05) is 5.32 Å². The normalized spacial score (nSPS) is 11.0. The van der Waals surface area contributed by atoms with Gasteiger partial charge in [-0.1, -0.05) is 41.9 Å². The van der Waals surface area contributed by atoms with Crippen LogP contribution in [0.15, 0.2) is 28.8 Å². The summed E-state index contributed by atoms with van der Waals surface area (Å²) in [5.74, 6) is -0.515. The van der Waals surface area contributed by atoms with Crippen LogP contribution in [0.5, 0.6) is 0 Å². The maximum absolute atomic E-state index is 13.2. The molecule has 1 N–H and O–H groups in total. The van der Waals surface area contributed by atoms with E-state index >= 15 is 0 Å². The van der Waals surface area contributed by atoms with Gasteiger partial charge in [-0.05, 0) is 45.7 Å². The number of esters is 1. The maximum Gasteiger partial charge on any atom is 0.341 e. The fourth-order valence-electron chi connectivity index (χ4n) is 3.22. The number of carbonyl (C=O) groups excluding carboxylic acids is 2. The highest BCUT2D eigenvalue weighted by Gasteiger charge is 2.28. The number of carbonyl (C=O) groups is 2. The first-order valence-corrected chi connectivity index (χ1v) is 10.8. The molecule has 30 heavy (non-hydrogen) atoms. The minimum atomic E-state index is -0.449. The zero-order valence-electron chi connectivity index (χ0n) is 17.5. The Morgan fingerprint density at radius 1 is 1.23 bits per heavy atom. The topological polar surface area (TPSA) is 81.4 Å². The van der Waals surface area contributed by atoms with Gasteiger partial charge in [0, 0.05) is 10.4 Å². The number of anilines is 1. The molecule has 158 valence electrons. The lowest BCUT2D eigenvalue weighted by Crippen LogP contribution is -2.18. The van der Waals surface area contributed by atoms with Crippen LogP contribution < -0.4 is 5.32 Å². The van der Waals surface area contributed by atoms with Crippen LogP contribution in [0.25, 0.3) is 11.3 Å². The van der Waals surface area contributed by atoms with Crippen molar-refractivity contribution in [2.24, 2.45) is 0 Å². The number of nitrogens with one attached hydrogen (secondary N) is 1. The van der Waals surface area contributed by atoms with Crippen molar-refractivity contribution < 1.29 is 18.8 Å². The van der Waals surface area contributed by atoms with Crippen LogP contribution >= 0.6 is 22.9 Å². The molecule has 0 saturated heterocycles. The van der Waals surface area contributed by atoms with Crippen LogP contribution in [0.3, 0.4) is 0 Å². The summed E-state index contributed by atoms with van der Waals surface area (Å²) in [5.41, 5.74) is 2.49. The van der Waals surface area contributed by atoms with E-state index in [1.54, 1.807) is 39.0 Å². The van der Waals surface area contributed by atoms with Crippen molar-refractivity contribution in [1.82, 2.24) is 5.16 Å². The predicted molar refractivity (Wildman–Crippen MR) is 119 cm³/mol. The molecular weight excluding hydrogens is 424 g/mol. The van der Waals surface area contributed by atoms with Crippen molar-refractivity contribution in [2.45, 2.75) is 47.1 Å². The molecule has 0 fully saturated rings. The fourth-order valence-corrected chi connectivity index (χ4v) is 4.58. The first kappa shape index (κ1) is 22.1. The number of hydrogen-bond donors (Lipinski definition) is 1. The lowest BCUT2D eigenvalue weighted by Gasteiger charge is -2.11. The lowest BCUT2D eigenvalue weighted by molar-refractivity contribution is 0.0378. The molecule has 0 aliphatic rings. The van der Waals surface area contributed by atoms with E-state index in [1.165, 1.54) is 11.3 Å². The van der Waals surface area contributed by atoms with Gasteiger partial charge in [0.05, 0.1) is 16.7 Å². The van der Waals surface area contributed by atoms with E-state index in [2.05, 4.69) is 10.5 Å². The Balaban J connectivity index is 2.01. The summed E-state index contributed by atoms with van der Waals surface area (Å²) in [7, 11) is 0. The third-order valence-corrected chi connectivity index (χ3v) is 5.95. The number of aryl methyl sites for hydroxylation is 2. The first-order chi connectivity index (χ1) is 14.2. The second-order valence-corrected chi connectivity index (χ2v) is 8.68. The summed E-state index contributed by atoms with van der Waals surface area (Å²) in [6, 6.07) is 7.10. The Hall–Kier alpha value is -2.64. The molecule has 6 nitrogen and oxygen atoms in total. The van der Waals surface area contributed by atoms with Crippen LogP contribution in [0.2, 0.25) is 5.02 Å². The minimum absolute atomic E-state index is 0.266. The van der Waals surface area contributed by atoms with Gasteiger partial charge in [-0.2, -0.15) is 0 Å². The maximum atomic E-state index is 13.2. The van der Waals surface area contributed by atoms with E-state index < -0.39 is 11.9 Å². The van der Waals surface area contributed by atoms with Crippen LogP contribution in [0.4, 0.5) is 5.00 Å². The molecule has 0 saturated carbocycles. The third kappa shape index (κ3) is 4.27. The quantitative estimate of drug-likeness (QED) is 0.466. The monoisotopic (exact) mass is 446 g/mol. The molecule has 0 unspecified atom stereocenters. The Morgan fingerprint density at radius 3 is 2.57 bits per heavy atom. The van der Waals surface area contributed by atoms with Gasteiger partial charge in [-0.15, -0.1) is 11.3 Å². The number of halogens is 1. The smallest absolute Gasteiger partial charge is 0.341 e. The molecule has 0 aliphatic carbocycles. The molecular formula is C22H23ClN2O4S. The van der Waals surface area contributed by atoms with Crippen molar-refractivity contribution in [3.05, 3.63) is 56.6 Å². The van der Waals surface area contributed by atoms with Gasteiger partial charge < -0.3 is 14.6 Å². The van der Waals surface area contributed by atoms with Crippen molar-refractivity contribution in [3.8, 4) is 11.3 Å². The van der Waals surface area contributed by atoms with Gasteiger partial charge in [0.15, 0.2) is 0 Å². The van der Waals surface area contributed by atoms with Crippen molar-refractivity contribution in [3.63, 3.8) is 0 Å². The minimum Gasteiger partial charge on any atom is -0.459 e. The van der Waals surface area contributed by atoms with Gasteiger partial charge in [-0.25, -0.2) is 4.79 Å². The average Bonchev–Trinajstić information content (AvgIpc) is 3.20. The molecule has 0 atom stereocenters. The standard InChI is InChI=1S/C22H23ClN2O4S/c1-6-14-13(5)30-21(18(14)22(27)28-11(2)3)24-20(26)17-12(4)29-25-19(17)15-9-7-8-10-16(15)23/h7-11H,6H2,1-5H3,(H,24,26). The summed E-state index contributed by atoms with van der Waals surface area (Å²) in [6.45, 7) is 9.12. The average molecular weight is 447 g/mol.